The van der Waals surface area contributed by atoms with Gasteiger partial charge in [-0.25, -0.2) is 4.79 Å². The lowest BCUT2D eigenvalue weighted by Gasteiger charge is -2.29. The van der Waals surface area contributed by atoms with Crippen LogP contribution in [0.25, 0.3) is 11.0 Å². The fourth-order valence-corrected chi connectivity index (χ4v) is 3.30. The molecule has 1 saturated carbocycles. The highest BCUT2D eigenvalue weighted by atomic mass is 16.4. The maximum absolute atomic E-state index is 12.5. The molecule has 0 saturated heterocycles. The molecular formula is C21H19NO4. The monoisotopic (exact) mass is 349 g/mol. The molecule has 5 heteroatoms. The van der Waals surface area contributed by atoms with Crippen molar-refractivity contribution in [2.24, 2.45) is 5.92 Å². The molecular weight excluding hydrogens is 330 g/mol. The van der Waals surface area contributed by atoms with Gasteiger partial charge in [-0.15, -0.1) is 0 Å². The molecule has 3 aromatic rings. The molecule has 1 atom stereocenters. The second-order valence-electron chi connectivity index (χ2n) is 6.73. The van der Waals surface area contributed by atoms with Gasteiger partial charge in [0, 0.05) is 5.39 Å². The van der Waals surface area contributed by atoms with E-state index in [0.717, 1.165) is 18.4 Å². The fraction of sp³-hybridized carbons (Fsp3) is 0.238. The van der Waals surface area contributed by atoms with E-state index in [-0.39, 0.29) is 18.0 Å². The number of hydrogen-bond acceptors (Lipinski definition) is 4. The van der Waals surface area contributed by atoms with Crippen LogP contribution in [0.4, 0.5) is 0 Å². The Kier molecular flexibility index (Phi) is 4.09. The van der Waals surface area contributed by atoms with Crippen molar-refractivity contribution in [1.82, 2.24) is 5.32 Å². The first kappa shape index (κ1) is 16.5. The van der Waals surface area contributed by atoms with Crippen molar-refractivity contribution in [3.05, 3.63) is 82.2 Å². The number of amides is 1. The van der Waals surface area contributed by atoms with E-state index in [2.05, 4.69) is 5.32 Å². The van der Waals surface area contributed by atoms with E-state index >= 15 is 0 Å². The molecule has 1 aliphatic carbocycles. The van der Waals surface area contributed by atoms with Crippen LogP contribution < -0.4 is 10.9 Å². The third-order valence-corrected chi connectivity index (χ3v) is 4.93. The van der Waals surface area contributed by atoms with Crippen LogP contribution in [0.3, 0.4) is 0 Å². The van der Waals surface area contributed by atoms with E-state index in [1.165, 1.54) is 6.07 Å². The van der Waals surface area contributed by atoms with E-state index in [0.29, 0.717) is 11.0 Å². The molecule has 2 N–H and O–H groups in total. The molecule has 26 heavy (non-hydrogen) atoms. The van der Waals surface area contributed by atoms with Crippen LogP contribution in [0.1, 0.15) is 28.8 Å². The summed E-state index contributed by atoms with van der Waals surface area (Å²) in [6.07, 6.45) is 1.83. The highest BCUT2D eigenvalue weighted by Gasteiger charge is 2.45. The first-order valence-corrected chi connectivity index (χ1v) is 8.67. The van der Waals surface area contributed by atoms with Crippen LogP contribution in [0.15, 0.2) is 69.9 Å². The van der Waals surface area contributed by atoms with Gasteiger partial charge in [-0.05, 0) is 36.5 Å². The minimum Gasteiger partial charge on any atom is -0.422 e. The van der Waals surface area contributed by atoms with Gasteiger partial charge >= 0.3 is 5.63 Å². The molecule has 0 unspecified atom stereocenters. The molecule has 0 aliphatic heterocycles. The van der Waals surface area contributed by atoms with Crippen molar-refractivity contribution in [2.75, 3.05) is 6.54 Å². The van der Waals surface area contributed by atoms with Crippen LogP contribution in [0.2, 0.25) is 0 Å². The minimum atomic E-state index is -1.13. The van der Waals surface area contributed by atoms with E-state index in [4.69, 9.17) is 4.42 Å². The number of nitrogens with one attached hydrogen (secondary N) is 1. The van der Waals surface area contributed by atoms with Crippen molar-refractivity contribution >= 4 is 16.9 Å². The molecule has 4 rings (SSSR count). The minimum absolute atomic E-state index is 0.0484. The zero-order valence-corrected chi connectivity index (χ0v) is 14.1. The Morgan fingerprint density at radius 1 is 1.12 bits per heavy atom. The predicted octanol–water partition coefficient (Wildman–Crippen LogP) is 2.82. The summed E-state index contributed by atoms with van der Waals surface area (Å²) in [5, 5.41) is 14.5. The first-order chi connectivity index (χ1) is 12.6. The first-order valence-electron chi connectivity index (χ1n) is 8.67. The summed E-state index contributed by atoms with van der Waals surface area (Å²) >= 11 is 0. The van der Waals surface area contributed by atoms with Gasteiger partial charge in [-0.1, -0.05) is 48.5 Å². The topological polar surface area (TPSA) is 79.5 Å². The van der Waals surface area contributed by atoms with Crippen LogP contribution in [-0.4, -0.2) is 17.6 Å². The third-order valence-electron chi connectivity index (χ3n) is 4.93. The number of carbonyl (C=O) groups excluding carboxylic acids is 1. The van der Waals surface area contributed by atoms with E-state index in [1.807, 2.05) is 36.4 Å². The summed E-state index contributed by atoms with van der Waals surface area (Å²) in [4.78, 5) is 24.7. The Bertz CT molecular complexity index is 1010. The van der Waals surface area contributed by atoms with Crippen LogP contribution in [-0.2, 0) is 5.60 Å². The molecule has 0 radical (unpaired) electrons. The van der Waals surface area contributed by atoms with Gasteiger partial charge in [0.15, 0.2) is 0 Å². The number of benzene rings is 2. The Hall–Kier alpha value is -2.92. The molecule has 1 fully saturated rings. The lowest BCUT2D eigenvalue weighted by molar-refractivity contribution is 0.0134. The van der Waals surface area contributed by atoms with Crippen molar-refractivity contribution in [2.45, 2.75) is 18.4 Å². The van der Waals surface area contributed by atoms with Crippen LogP contribution in [0, 0.1) is 5.92 Å². The predicted molar refractivity (Wildman–Crippen MR) is 97.9 cm³/mol. The maximum Gasteiger partial charge on any atom is 0.349 e. The average molecular weight is 349 g/mol. The molecule has 1 amide bonds. The Morgan fingerprint density at radius 3 is 2.54 bits per heavy atom. The lowest BCUT2D eigenvalue weighted by Crippen LogP contribution is -2.43. The van der Waals surface area contributed by atoms with Crippen LogP contribution in [0.5, 0.6) is 0 Å². The van der Waals surface area contributed by atoms with E-state index in [9.17, 15) is 14.7 Å². The molecule has 2 aromatic carbocycles. The quantitative estimate of drug-likeness (QED) is 0.694. The van der Waals surface area contributed by atoms with Gasteiger partial charge in [0.05, 0.1) is 6.54 Å². The smallest absolute Gasteiger partial charge is 0.349 e. The highest BCUT2D eigenvalue weighted by Crippen LogP contribution is 2.45. The largest absolute Gasteiger partial charge is 0.422 e. The Balaban J connectivity index is 1.58. The molecule has 1 aromatic heterocycles. The molecule has 132 valence electrons. The normalized spacial score (nSPS) is 16.2. The summed E-state index contributed by atoms with van der Waals surface area (Å²) in [6, 6.07) is 17.9. The van der Waals surface area contributed by atoms with Crippen molar-refractivity contribution in [1.29, 1.82) is 0 Å². The number of rotatable bonds is 5. The summed E-state index contributed by atoms with van der Waals surface area (Å²) in [5.41, 5.74) is -0.666. The van der Waals surface area contributed by atoms with Crippen molar-refractivity contribution < 1.29 is 14.3 Å². The molecule has 0 bridgehead atoms. The average Bonchev–Trinajstić information content (AvgIpc) is 3.52. The number of fused-ring (bicyclic) bond motifs is 1. The standard InChI is InChI=1S/C21H19NO4/c23-19(17-12-14-6-4-5-9-18(14)26-20(17)24)22-13-21(25,16-10-11-16)15-7-2-1-3-8-15/h1-9,12,16,25H,10-11,13H2,(H,22,23)/t21-/m1/s1. The molecule has 1 aliphatic rings. The molecule has 0 spiro atoms. The number of aliphatic hydroxyl groups is 1. The second-order valence-corrected chi connectivity index (χ2v) is 6.73. The zero-order valence-electron chi connectivity index (χ0n) is 14.1. The number of hydrogen-bond donors (Lipinski definition) is 2. The van der Waals surface area contributed by atoms with E-state index in [1.54, 1.807) is 18.2 Å². The SMILES string of the molecule is O=C(NC[C@@](O)(c1ccccc1)C1CC1)c1cc2ccccc2oc1=O. The highest BCUT2D eigenvalue weighted by molar-refractivity contribution is 5.96. The molecule has 5 nitrogen and oxygen atoms in total. The summed E-state index contributed by atoms with van der Waals surface area (Å²) in [7, 11) is 0. The van der Waals surface area contributed by atoms with Gasteiger partial charge < -0.3 is 14.8 Å². The Morgan fingerprint density at radius 2 is 1.81 bits per heavy atom. The third kappa shape index (κ3) is 3.02. The summed E-state index contributed by atoms with van der Waals surface area (Å²) < 4.78 is 5.21. The maximum atomic E-state index is 12.5. The van der Waals surface area contributed by atoms with Gasteiger partial charge in [-0.2, -0.15) is 0 Å². The molecule has 1 heterocycles. The number of para-hydroxylation sites is 1. The van der Waals surface area contributed by atoms with Gasteiger partial charge in [-0.3, -0.25) is 4.79 Å². The fourth-order valence-electron chi connectivity index (χ4n) is 3.30. The number of carbonyl (C=O) groups is 1. The van der Waals surface area contributed by atoms with Gasteiger partial charge in [0.25, 0.3) is 5.91 Å². The lowest BCUT2D eigenvalue weighted by atomic mass is 9.88. The summed E-state index contributed by atoms with van der Waals surface area (Å²) in [5.74, 6) is -0.433. The van der Waals surface area contributed by atoms with E-state index < -0.39 is 17.1 Å². The van der Waals surface area contributed by atoms with Crippen molar-refractivity contribution in [3.8, 4) is 0 Å². The zero-order chi connectivity index (χ0) is 18.1. The van der Waals surface area contributed by atoms with Gasteiger partial charge in [0.1, 0.15) is 16.7 Å². The second kappa shape index (κ2) is 6.42. The van der Waals surface area contributed by atoms with Crippen LogP contribution >= 0.6 is 0 Å². The Labute approximate surface area is 150 Å². The summed E-state index contributed by atoms with van der Waals surface area (Å²) in [6.45, 7) is 0.0484. The van der Waals surface area contributed by atoms with Gasteiger partial charge in [0.2, 0.25) is 0 Å². The van der Waals surface area contributed by atoms with Crippen molar-refractivity contribution in [3.63, 3.8) is 0 Å².